The third kappa shape index (κ3) is 39.2. The van der Waals surface area contributed by atoms with E-state index < -0.39 is 52.2 Å². The van der Waals surface area contributed by atoms with Crippen LogP contribution in [-0.2, 0) is 69.7 Å². The Hall–Kier alpha value is -0.897. The molecule has 142 heavy (non-hydrogen) atoms. The van der Waals surface area contributed by atoms with E-state index in [9.17, 15) is 0 Å². The molecule has 20 rings (SSSR count). The molecule has 20 nitrogen and oxygen atoms in total. The molecule has 0 bridgehead atoms. The first-order valence-corrected chi connectivity index (χ1v) is 66.3. The number of anilines is 2. The summed E-state index contributed by atoms with van der Waals surface area (Å²) >= 11 is 2.03. The van der Waals surface area contributed by atoms with Crippen LogP contribution in [0.2, 0.25) is 0 Å². The van der Waals surface area contributed by atoms with Crippen molar-refractivity contribution in [2.45, 2.75) is 104 Å². The molecule has 34 heteroatoms. The Morgan fingerprint density at radius 3 is 0.711 bits per heavy atom. The molecule has 2 aliphatic carbocycles. The average Bonchev–Trinajstić information content (AvgIpc) is 1.64. The van der Waals surface area contributed by atoms with Gasteiger partial charge in [0.2, 0.25) is 25.1 Å². The molecule has 0 radical (unpaired) electrons. The summed E-state index contributed by atoms with van der Waals surface area (Å²) in [6, 6.07) is 61.2. The van der Waals surface area contributed by atoms with Crippen molar-refractivity contribution >= 4 is 154 Å². The van der Waals surface area contributed by atoms with E-state index in [0.717, 1.165) is 258 Å². The van der Waals surface area contributed by atoms with Crippen molar-refractivity contribution in [1.82, 2.24) is 42.0 Å². The molecule has 0 N–H and O–H groups in total. The van der Waals surface area contributed by atoms with E-state index in [0.29, 0.717) is 0 Å². The normalized spacial score (nSPS) is 18.9. The SMILES string of the molecule is Br.C.C.C.C.C1CN([PH+](N2CCOCC2)N2CCOCC2)CCO1.C1CN([PH+](N2CCOCC2)N2CCOCC2)CCO1.C1CN([PH+](N2CCOCC2)N2CCOCC2)CCO1.Cc1cc(C)c(N2[CH-]N(c3c(C)cc(C)cc3C)CC2)c(C)c1.Cc1cc(C)c(SI)c(C)c1.Cc1ccccc1.[2H]CS.[Cl][Ru]([Cl])=[C]1C=C(c2ccccc2)c2ccccc21.[Cl][Ru]([Cl])=[C]1C=C(c2ccccc2)c2ccccc21.[H-].[K+]. The summed E-state index contributed by atoms with van der Waals surface area (Å²) in [5.74, 6) is 0. The second-order valence-electron chi connectivity index (χ2n) is 34.7. The maximum absolute atomic E-state index is 6.19. The Bertz CT molecular complexity index is 4630. The number of aryl methyl sites for hydroxylation is 10. The molecule has 10 saturated heterocycles. The van der Waals surface area contributed by atoms with Gasteiger partial charge in [-0.05, 0) is 109 Å². The molecule has 10 fully saturated rings. The predicted molar refractivity (Wildman–Crippen MR) is 623 cm³/mol. The van der Waals surface area contributed by atoms with Gasteiger partial charge in [0, 0.05) is 51.9 Å². The number of morpholine rings is 9. The Balaban J connectivity index is 0.000000290. The Morgan fingerprint density at radius 2 is 0.514 bits per heavy atom. The summed E-state index contributed by atoms with van der Waals surface area (Å²) in [6.45, 7) is 61.2. The minimum atomic E-state index is -1.88. The quantitative estimate of drug-likeness (QED) is 0.0365. The molecular formula is C108H163BrCl4IKN11O9P3Ru2S2+2. The number of thiol groups is 1. The number of hydrogen-bond donors (Lipinski definition) is 1. The van der Waals surface area contributed by atoms with Crippen molar-refractivity contribution in [2.75, 3.05) is 266 Å². The van der Waals surface area contributed by atoms with Crippen molar-refractivity contribution in [3.05, 3.63) is 284 Å². The zero-order chi connectivity index (χ0) is 96.8. The molecule has 0 amide bonds. The van der Waals surface area contributed by atoms with Crippen LogP contribution in [0.1, 0.15) is 122 Å². The first kappa shape index (κ1) is 128. The van der Waals surface area contributed by atoms with Gasteiger partial charge in [-0.25, -0.2) is 0 Å². The Kier molecular flexibility index (Phi) is 63.5. The zero-order valence-electron chi connectivity index (χ0n) is 84.5. The van der Waals surface area contributed by atoms with E-state index in [1.165, 1.54) is 116 Å². The predicted octanol–water partition coefficient (Wildman–Crippen LogP) is 20.8. The zero-order valence-corrected chi connectivity index (χ0v) is 101. The van der Waals surface area contributed by atoms with Gasteiger partial charge in [0.05, 0.1) is 237 Å². The van der Waals surface area contributed by atoms with Gasteiger partial charge in [-0.1, -0.05) is 128 Å². The Labute approximate surface area is 962 Å². The summed E-state index contributed by atoms with van der Waals surface area (Å²) in [4.78, 5) is 6.22. The summed E-state index contributed by atoms with van der Waals surface area (Å²) in [6.07, 6.45) is 4.50. The first-order valence-electron chi connectivity index (χ1n) is 48.3. The van der Waals surface area contributed by atoms with Gasteiger partial charge in [-0.15, -0.1) is 59.0 Å². The number of benzene rings is 8. The van der Waals surface area contributed by atoms with Crippen LogP contribution in [0.25, 0.3) is 11.1 Å². The molecule has 12 aliphatic rings. The molecule has 0 atom stereocenters. The minimum absolute atomic E-state index is 0. The third-order valence-electron chi connectivity index (χ3n) is 24.9. The molecule has 8 aromatic carbocycles. The maximum atomic E-state index is 6.19. The monoisotopic (exact) mass is 2500 g/mol. The van der Waals surface area contributed by atoms with Gasteiger partial charge in [0.25, 0.3) is 0 Å². The number of nitrogens with zero attached hydrogens (tertiary/aromatic N) is 11. The van der Waals surface area contributed by atoms with Crippen molar-refractivity contribution in [1.29, 1.82) is 0 Å². The van der Waals surface area contributed by atoms with Crippen molar-refractivity contribution < 1.29 is 124 Å². The van der Waals surface area contributed by atoms with Crippen LogP contribution in [0, 0.1) is 75.9 Å². The van der Waals surface area contributed by atoms with E-state index in [1.54, 1.807) is 8.93 Å². The minimum Gasteiger partial charge on any atom is -1.00 e. The van der Waals surface area contributed by atoms with Crippen LogP contribution in [-0.4, -0.2) is 306 Å². The largest absolute Gasteiger partial charge is 1.00 e. The van der Waals surface area contributed by atoms with Crippen LogP contribution in [0.15, 0.2) is 193 Å². The van der Waals surface area contributed by atoms with Gasteiger partial charge in [0.15, 0.2) is 0 Å². The summed E-state index contributed by atoms with van der Waals surface area (Å²) in [5.41, 5.74) is 26.0. The number of halogens is 6. The van der Waals surface area contributed by atoms with Gasteiger partial charge in [-0.2, -0.15) is 19.3 Å². The molecule has 788 valence electrons. The summed E-state index contributed by atoms with van der Waals surface area (Å²) < 4.78 is 81.9. The van der Waals surface area contributed by atoms with Gasteiger partial charge in [0.1, 0.15) is 0 Å². The van der Waals surface area contributed by atoms with Gasteiger partial charge < -0.3 is 53.9 Å². The van der Waals surface area contributed by atoms with Crippen LogP contribution >= 0.6 is 124 Å². The molecule has 10 aliphatic heterocycles. The molecule has 0 spiro atoms. The number of allylic oxidation sites excluding steroid dienone is 2. The second kappa shape index (κ2) is 70.5. The van der Waals surface area contributed by atoms with Crippen molar-refractivity contribution in [3.63, 3.8) is 0 Å². The second-order valence-corrected chi connectivity index (χ2v) is 55.7. The molecule has 8 aromatic rings. The Morgan fingerprint density at radius 1 is 0.317 bits per heavy atom. The fourth-order valence-corrected chi connectivity index (χ4v) is 35.2. The van der Waals surface area contributed by atoms with E-state index in [4.69, 9.17) is 82.8 Å². The van der Waals surface area contributed by atoms with Crippen LogP contribution in [0.4, 0.5) is 11.4 Å². The number of fused-ring (bicyclic) bond motifs is 2. The number of ether oxygens (including phenoxy) is 9. The standard InChI is InChI=1S/C21H27N2.2C15H10.3C12H24N3O3P.C9H11IS.C7H8.CH4S.4CH4.BrH.4ClH.K.2Ru.H/c1-14-9-16(3)20(17(4)10-14)22-7-8-23(13-22)21-18(5)11-15(2)12-19(21)6;2*1-2-6-12(7-3-1)15-11-10-13-8-4-5-9-14(13)15;3*1-7-16-8-2-13(1)19(14-3-9-17-10-4-14)15-5-11-18-12-6-15;1-6-4-7(2)9(11-10)8(3)5-6;1-7-5-3-2-4-6-7;1-2;;;;;;;;;;;;;/h9-13H,7-8H2,1-6H3;2*1-9,11H;3*1-12H2;4-5H,1-3H3;2-6H,1H3;2H,1H3;4*1H4;5*1H;;;;/q-1;;;;;;;;;;;;;;;;;;+1;2*+2;-1/p-1/i;;;;;;;;1D;;;;;;;;;;;;;. The van der Waals surface area contributed by atoms with E-state index in [2.05, 4.69) is 283 Å². The molecule has 10 heterocycles. The van der Waals surface area contributed by atoms with Crippen LogP contribution in [0.3, 0.4) is 0 Å². The molecule has 0 unspecified atom stereocenters. The van der Waals surface area contributed by atoms with Crippen molar-refractivity contribution in [3.8, 4) is 0 Å². The summed E-state index contributed by atoms with van der Waals surface area (Å²) in [5, 5.41) is 0. The molecule has 0 saturated carbocycles. The fourth-order valence-electron chi connectivity index (χ4n) is 18.9. The molecular weight excluding hydrogens is 2340 g/mol. The maximum Gasteiger partial charge on any atom is 1.00 e. The number of hydrogen-bond acceptors (Lipinski definition) is 22. The van der Waals surface area contributed by atoms with E-state index >= 15 is 0 Å². The topological polar surface area (TPSA) is 119 Å². The number of rotatable bonds is 14. The van der Waals surface area contributed by atoms with Crippen molar-refractivity contribution in [2.24, 2.45) is 0 Å². The summed E-state index contributed by atoms with van der Waals surface area (Å²) in [7, 11) is 24.2. The van der Waals surface area contributed by atoms with E-state index in [-0.39, 0.29) is 106 Å². The molecule has 0 aromatic heterocycles. The smallest absolute Gasteiger partial charge is 1.00 e. The van der Waals surface area contributed by atoms with Crippen LogP contribution in [0.5, 0.6) is 0 Å². The first-order chi connectivity index (χ1) is 66.7. The average molecular weight is 2510 g/mol. The van der Waals surface area contributed by atoms with Gasteiger partial charge >= 0.3 is 291 Å². The van der Waals surface area contributed by atoms with Crippen LogP contribution < -0.4 is 61.2 Å². The fraction of sp³-hybridized carbons (Fsp3) is 0.491. The third-order valence-corrected chi connectivity index (χ3v) is 42.4. The van der Waals surface area contributed by atoms with Gasteiger partial charge in [-0.3, -0.25) is 0 Å². The van der Waals surface area contributed by atoms with E-state index in [1.807, 2.05) is 66.7 Å².